The molecule has 5 heteroatoms. The van der Waals surface area contributed by atoms with Crippen LogP contribution in [0, 0.1) is 12.7 Å². The predicted octanol–water partition coefficient (Wildman–Crippen LogP) is 2.86. The van der Waals surface area contributed by atoms with E-state index in [4.69, 9.17) is 10.5 Å². The molecule has 1 aromatic carbocycles. The number of hydrogen-bond donors (Lipinski definition) is 1. The third-order valence-electron chi connectivity index (χ3n) is 2.45. The monoisotopic (exact) mass is 247 g/mol. The number of aromatic nitrogens is 2. The third kappa shape index (κ3) is 2.74. The van der Waals surface area contributed by atoms with E-state index in [0.29, 0.717) is 35.3 Å². The summed E-state index contributed by atoms with van der Waals surface area (Å²) < 4.78 is 18.8. The van der Waals surface area contributed by atoms with Crippen molar-refractivity contribution in [2.24, 2.45) is 0 Å². The van der Waals surface area contributed by atoms with Crippen LogP contribution in [0.5, 0.6) is 11.6 Å². The number of aryl methyl sites for hydroxylation is 2. The Hall–Kier alpha value is -2.17. The summed E-state index contributed by atoms with van der Waals surface area (Å²) in [4.78, 5) is 8.20. The van der Waals surface area contributed by atoms with Crippen LogP contribution in [0.25, 0.3) is 0 Å². The van der Waals surface area contributed by atoms with Crippen molar-refractivity contribution in [3.05, 3.63) is 41.5 Å². The van der Waals surface area contributed by atoms with E-state index < -0.39 is 0 Å². The first-order valence-electron chi connectivity index (χ1n) is 5.66. The van der Waals surface area contributed by atoms with Gasteiger partial charge >= 0.3 is 0 Å². The largest absolute Gasteiger partial charge is 0.439 e. The van der Waals surface area contributed by atoms with Gasteiger partial charge in [0.25, 0.3) is 0 Å². The summed E-state index contributed by atoms with van der Waals surface area (Å²) >= 11 is 0. The number of halogens is 1. The smallest absolute Gasteiger partial charge is 0.224 e. The summed E-state index contributed by atoms with van der Waals surface area (Å²) in [6.07, 6.45) is 0.656. The lowest BCUT2D eigenvalue weighted by molar-refractivity contribution is 0.454. The lowest BCUT2D eigenvalue weighted by Crippen LogP contribution is -2.00. The molecule has 0 saturated heterocycles. The van der Waals surface area contributed by atoms with Gasteiger partial charge in [0, 0.05) is 18.6 Å². The van der Waals surface area contributed by atoms with Crippen molar-refractivity contribution in [3.8, 4) is 11.6 Å². The number of ether oxygens (including phenoxy) is 1. The van der Waals surface area contributed by atoms with E-state index in [-0.39, 0.29) is 5.82 Å². The Morgan fingerprint density at radius 3 is 2.72 bits per heavy atom. The number of anilines is 1. The van der Waals surface area contributed by atoms with Crippen LogP contribution in [-0.2, 0) is 6.42 Å². The minimum absolute atomic E-state index is 0.315. The zero-order chi connectivity index (χ0) is 13.1. The zero-order valence-corrected chi connectivity index (χ0v) is 10.3. The summed E-state index contributed by atoms with van der Waals surface area (Å²) in [5.41, 5.74) is 6.21. The van der Waals surface area contributed by atoms with Crippen LogP contribution in [0.2, 0.25) is 0 Å². The topological polar surface area (TPSA) is 61.0 Å². The highest BCUT2D eigenvalue weighted by molar-refractivity contribution is 5.36. The lowest BCUT2D eigenvalue weighted by atomic mass is 10.2. The molecule has 4 nitrogen and oxygen atoms in total. The van der Waals surface area contributed by atoms with Gasteiger partial charge in [0.05, 0.1) is 0 Å². The maximum Gasteiger partial charge on any atom is 0.224 e. The standard InChI is InChI=1S/C13H14FN3O/c1-3-12-16-11(15)7-13(17-12)18-9-5-4-8(2)10(14)6-9/h4-7H,3H2,1-2H3,(H2,15,16,17). The maximum atomic E-state index is 13.4. The fourth-order valence-corrected chi connectivity index (χ4v) is 1.46. The van der Waals surface area contributed by atoms with Crippen molar-refractivity contribution in [1.82, 2.24) is 9.97 Å². The Labute approximate surface area is 105 Å². The van der Waals surface area contributed by atoms with Crippen LogP contribution in [0.1, 0.15) is 18.3 Å². The second-order valence-electron chi connectivity index (χ2n) is 3.91. The molecular formula is C13H14FN3O. The van der Waals surface area contributed by atoms with Crippen LogP contribution in [-0.4, -0.2) is 9.97 Å². The minimum atomic E-state index is -0.315. The van der Waals surface area contributed by atoms with Crippen LogP contribution in [0.3, 0.4) is 0 Å². The average Bonchev–Trinajstić information content (AvgIpc) is 2.33. The molecule has 0 bridgehead atoms. The molecule has 0 atom stereocenters. The van der Waals surface area contributed by atoms with Gasteiger partial charge < -0.3 is 10.5 Å². The van der Waals surface area contributed by atoms with E-state index in [0.717, 1.165) is 0 Å². The molecule has 18 heavy (non-hydrogen) atoms. The SMILES string of the molecule is CCc1nc(N)cc(Oc2ccc(C)c(F)c2)n1. The molecule has 0 aliphatic heterocycles. The number of hydrogen-bond acceptors (Lipinski definition) is 4. The summed E-state index contributed by atoms with van der Waals surface area (Å²) in [7, 11) is 0. The molecule has 2 N–H and O–H groups in total. The fourth-order valence-electron chi connectivity index (χ4n) is 1.46. The first-order chi connectivity index (χ1) is 8.58. The third-order valence-corrected chi connectivity index (χ3v) is 2.45. The van der Waals surface area contributed by atoms with Crippen molar-refractivity contribution in [2.75, 3.05) is 5.73 Å². The predicted molar refractivity (Wildman–Crippen MR) is 67.0 cm³/mol. The van der Waals surface area contributed by atoms with Crippen molar-refractivity contribution in [1.29, 1.82) is 0 Å². The molecule has 0 radical (unpaired) electrons. The maximum absolute atomic E-state index is 13.4. The average molecular weight is 247 g/mol. The van der Waals surface area contributed by atoms with Crippen LogP contribution < -0.4 is 10.5 Å². The normalized spacial score (nSPS) is 10.4. The Bertz CT molecular complexity index is 572. The second kappa shape index (κ2) is 5.00. The molecule has 2 rings (SSSR count). The van der Waals surface area contributed by atoms with Gasteiger partial charge in [-0.15, -0.1) is 0 Å². The van der Waals surface area contributed by atoms with Crippen LogP contribution in [0.4, 0.5) is 10.2 Å². The fraction of sp³-hybridized carbons (Fsp3) is 0.231. The minimum Gasteiger partial charge on any atom is -0.439 e. The lowest BCUT2D eigenvalue weighted by Gasteiger charge is -2.07. The first kappa shape index (κ1) is 12.3. The second-order valence-corrected chi connectivity index (χ2v) is 3.91. The van der Waals surface area contributed by atoms with Gasteiger partial charge in [-0.2, -0.15) is 4.98 Å². The van der Waals surface area contributed by atoms with Gasteiger partial charge in [-0.3, -0.25) is 0 Å². The van der Waals surface area contributed by atoms with E-state index in [9.17, 15) is 4.39 Å². The van der Waals surface area contributed by atoms with E-state index in [1.54, 1.807) is 19.1 Å². The summed E-state index contributed by atoms with van der Waals surface area (Å²) in [5.74, 6) is 1.33. The molecule has 0 amide bonds. The summed E-state index contributed by atoms with van der Waals surface area (Å²) in [6, 6.07) is 6.16. The highest BCUT2D eigenvalue weighted by atomic mass is 19.1. The van der Waals surface area contributed by atoms with Crippen molar-refractivity contribution in [2.45, 2.75) is 20.3 Å². The Morgan fingerprint density at radius 1 is 1.28 bits per heavy atom. The van der Waals surface area contributed by atoms with Gasteiger partial charge in [0.1, 0.15) is 23.2 Å². The molecule has 0 saturated carbocycles. The summed E-state index contributed by atoms with van der Waals surface area (Å²) in [6.45, 7) is 3.61. The van der Waals surface area contributed by atoms with Crippen LogP contribution >= 0.6 is 0 Å². The molecule has 1 aromatic heterocycles. The highest BCUT2D eigenvalue weighted by Crippen LogP contribution is 2.22. The van der Waals surface area contributed by atoms with Crippen LogP contribution in [0.15, 0.2) is 24.3 Å². The Morgan fingerprint density at radius 2 is 2.06 bits per heavy atom. The molecule has 0 spiro atoms. The van der Waals surface area contributed by atoms with Gasteiger partial charge in [0.15, 0.2) is 0 Å². The van der Waals surface area contributed by atoms with Crippen molar-refractivity contribution in [3.63, 3.8) is 0 Å². The number of nitrogens with two attached hydrogens (primary N) is 1. The molecule has 0 fully saturated rings. The first-order valence-corrected chi connectivity index (χ1v) is 5.66. The summed E-state index contributed by atoms with van der Waals surface area (Å²) in [5, 5.41) is 0. The molecule has 94 valence electrons. The van der Waals surface area contributed by atoms with E-state index in [1.165, 1.54) is 12.1 Å². The Balaban J connectivity index is 2.27. The van der Waals surface area contributed by atoms with Gasteiger partial charge in [-0.1, -0.05) is 13.0 Å². The number of benzene rings is 1. The van der Waals surface area contributed by atoms with Crippen molar-refractivity contribution >= 4 is 5.82 Å². The van der Waals surface area contributed by atoms with E-state index >= 15 is 0 Å². The molecular weight excluding hydrogens is 233 g/mol. The number of rotatable bonds is 3. The highest BCUT2D eigenvalue weighted by Gasteiger charge is 2.05. The quantitative estimate of drug-likeness (QED) is 0.905. The van der Waals surface area contributed by atoms with Gasteiger partial charge in [0.2, 0.25) is 5.88 Å². The molecule has 0 aliphatic rings. The number of nitrogens with zero attached hydrogens (tertiary/aromatic N) is 2. The van der Waals surface area contributed by atoms with Crippen molar-refractivity contribution < 1.29 is 9.13 Å². The molecule has 0 unspecified atom stereocenters. The number of nitrogen functional groups attached to an aromatic ring is 1. The van der Waals surface area contributed by atoms with E-state index in [2.05, 4.69) is 9.97 Å². The van der Waals surface area contributed by atoms with Gasteiger partial charge in [-0.05, 0) is 18.6 Å². The molecule has 1 heterocycles. The molecule has 2 aromatic rings. The van der Waals surface area contributed by atoms with E-state index in [1.807, 2.05) is 6.92 Å². The van der Waals surface area contributed by atoms with Gasteiger partial charge in [-0.25, -0.2) is 9.37 Å². The Kier molecular flexibility index (Phi) is 3.41. The molecule has 0 aliphatic carbocycles. The zero-order valence-electron chi connectivity index (χ0n) is 10.3.